The van der Waals surface area contributed by atoms with E-state index in [1.807, 2.05) is 6.92 Å². The zero-order valence-electron chi connectivity index (χ0n) is 9.96. The monoisotopic (exact) mass is 243 g/mol. The van der Waals surface area contributed by atoms with Gasteiger partial charge in [-0.2, -0.15) is 0 Å². The second kappa shape index (κ2) is 4.83. The van der Waals surface area contributed by atoms with Crippen LogP contribution >= 0.6 is 0 Å². The van der Waals surface area contributed by atoms with Crippen LogP contribution in [-0.4, -0.2) is 15.5 Å². The smallest absolute Gasteiger partial charge is 0.253 e. The van der Waals surface area contributed by atoms with Crippen LogP contribution in [0.25, 0.3) is 0 Å². The highest BCUT2D eigenvalue weighted by Crippen LogP contribution is 2.11. The topological polar surface area (TPSA) is 78.0 Å². The Morgan fingerprint density at radius 3 is 2.78 bits per heavy atom. The number of benzene rings is 1. The Balaban J connectivity index is 2.33. The van der Waals surface area contributed by atoms with E-state index in [-0.39, 0.29) is 5.56 Å². The molecule has 0 fully saturated rings. The molecule has 0 unspecified atom stereocenters. The number of carbonyl (C=O) groups excluding carboxylic acids is 1. The second-order valence-electron chi connectivity index (χ2n) is 4.05. The van der Waals surface area contributed by atoms with Crippen molar-refractivity contribution in [2.45, 2.75) is 13.5 Å². The molecule has 2 rings (SSSR count). The largest absolute Gasteiger partial charge is 0.366 e. The number of hydrogen-bond acceptors (Lipinski definition) is 3. The van der Waals surface area contributed by atoms with Crippen LogP contribution in [0.15, 0.2) is 41.6 Å². The molecule has 2 N–H and O–H groups in total. The molecule has 1 aromatic carbocycles. The zero-order valence-corrected chi connectivity index (χ0v) is 9.96. The predicted octanol–water partition coefficient (Wildman–Crippen LogP) is 0.699. The lowest BCUT2D eigenvalue weighted by Crippen LogP contribution is -2.20. The van der Waals surface area contributed by atoms with E-state index < -0.39 is 5.91 Å². The van der Waals surface area contributed by atoms with Gasteiger partial charge in [0, 0.05) is 17.8 Å². The number of primary amides is 1. The molecule has 5 nitrogen and oxygen atoms in total. The van der Waals surface area contributed by atoms with Crippen molar-refractivity contribution < 1.29 is 4.79 Å². The van der Waals surface area contributed by atoms with Crippen LogP contribution < -0.4 is 11.3 Å². The Bertz CT molecular complexity index is 647. The summed E-state index contributed by atoms with van der Waals surface area (Å²) in [4.78, 5) is 26.5. The molecule has 0 aliphatic rings. The van der Waals surface area contributed by atoms with E-state index in [2.05, 4.69) is 4.98 Å². The molecule has 0 bridgehead atoms. The summed E-state index contributed by atoms with van der Waals surface area (Å²) < 4.78 is 1.51. The minimum Gasteiger partial charge on any atom is -0.366 e. The summed E-state index contributed by atoms with van der Waals surface area (Å²) in [7, 11) is 0. The minimum atomic E-state index is -0.455. The normalized spacial score (nSPS) is 10.3. The molecule has 1 aromatic heterocycles. The first-order valence-corrected chi connectivity index (χ1v) is 5.47. The highest BCUT2D eigenvalue weighted by atomic mass is 16.1. The van der Waals surface area contributed by atoms with Crippen molar-refractivity contribution in [2.75, 3.05) is 0 Å². The van der Waals surface area contributed by atoms with E-state index >= 15 is 0 Å². The van der Waals surface area contributed by atoms with E-state index in [0.29, 0.717) is 12.1 Å². The van der Waals surface area contributed by atoms with Gasteiger partial charge in [0.05, 0.1) is 12.9 Å². The van der Waals surface area contributed by atoms with Crippen molar-refractivity contribution in [3.05, 3.63) is 63.8 Å². The van der Waals surface area contributed by atoms with Crippen molar-refractivity contribution in [2.24, 2.45) is 5.73 Å². The third-order valence-electron chi connectivity index (χ3n) is 2.76. The first-order valence-electron chi connectivity index (χ1n) is 5.47. The fourth-order valence-electron chi connectivity index (χ4n) is 1.71. The Morgan fingerprint density at radius 2 is 2.17 bits per heavy atom. The van der Waals surface area contributed by atoms with Gasteiger partial charge in [0.15, 0.2) is 0 Å². The minimum absolute atomic E-state index is 0.108. The van der Waals surface area contributed by atoms with Crippen molar-refractivity contribution in [1.82, 2.24) is 9.55 Å². The fraction of sp³-hybridized carbons (Fsp3) is 0.154. The van der Waals surface area contributed by atoms with Crippen molar-refractivity contribution >= 4 is 5.91 Å². The average Bonchev–Trinajstić information content (AvgIpc) is 2.34. The summed E-state index contributed by atoms with van der Waals surface area (Å²) in [6.45, 7) is 2.31. The number of nitrogens with two attached hydrogens (primary N) is 1. The number of rotatable bonds is 3. The quantitative estimate of drug-likeness (QED) is 0.861. The molecule has 18 heavy (non-hydrogen) atoms. The number of nitrogens with zero attached hydrogens (tertiary/aromatic N) is 2. The third kappa shape index (κ3) is 2.45. The Hall–Kier alpha value is -2.43. The van der Waals surface area contributed by atoms with Gasteiger partial charge >= 0.3 is 0 Å². The number of aromatic nitrogens is 2. The van der Waals surface area contributed by atoms with Crippen molar-refractivity contribution in [3.63, 3.8) is 0 Å². The Labute approximate surface area is 104 Å². The molecule has 0 saturated heterocycles. The standard InChI is InChI=1S/C13H13N3O2/c1-9-6-10(13(14)18)2-3-11(9)7-16-8-15-5-4-12(16)17/h2-6,8H,7H2,1H3,(H2,14,18). The summed E-state index contributed by atoms with van der Waals surface area (Å²) in [5.41, 5.74) is 7.44. The van der Waals surface area contributed by atoms with E-state index in [9.17, 15) is 9.59 Å². The lowest BCUT2D eigenvalue weighted by Gasteiger charge is -2.08. The molecule has 92 valence electrons. The van der Waals surface area contributed by atoms with Crippen LogP contribution in [0.5, 0.6) is 0 Å². The first-order chi connectivity index (χ1) is 8.58. The van der Waals surface area contributed by atoms with Gasteiger partial charge in [-0.25, -0.2) is 4.98 Å². The van der Waals surface area contributed by atoms with Gasteiger partial charge in [0.2, 0.25) is 5.91 Å². The molecule has 1 amide bonds. The van der Waals surface area contributed by atoms with Gasteiger partial charge in [-0.1, -0.05) is 6.07 Å². The summed E-state index contributed by atoms with van der Waals surface area (Å²) in [5, 5.41) is 0. The van der Waals surface area contributed by atoms with Gasteiger partial charge in [-0.05, 0) is 30.2 Å². The lowest BCUT2D eigenvalue weighted by atomic mass is 10.0. The highest BCUT2D eigenvalue weighted by molar-refractivity contribution is 5.93. The van der Waals surface area contributed by atoms with Gasteiger partial charge in [-0.3, -0.25) is 14.2 Å². The maximum absolute atomic E-state index is 11.6. The second-order valence-corrected chi connectivity index (χ2v) is 4.05. The molecule has 0 aliphatic carbocycles. The van der Waals surface area contributed by atoms with Gasteiger partial charge in [-0.15, -0.1) is 0 Å². The number of aryl methyl sites for hydroxylation is 1. The van der Waals surface area contributed by atoms with Crippen LogP contribution in [0.2, 0.25) is 0 Å². The molecule has 5 heteroatoms. The fourth-order valence-corrected chi connectivity index (χ4v) is 1.71. The number of hydrogen-bond donors (Lipinski definition) is 1. The van der Waals surface area contributed by atoms with E-state index in [1.54, 1.807) is 18.2 Å². The average molecular weight is 243 g/mol. The maximum atomic E-state index is 11.6. The Morgan fingerprint density at radius 1 is 1.39 bits per heavy atom. The molecule has 1 heterocycles. The van der Waals surface area contributed by atoms with E-state index in [0.717, 1.165) is 11.1 Å². The van der Waals surface area contributed by atoms with Gasteiger partial charge in [0.25, 0.3) is 5.56 Å². The van der Waals surface area contributed by atoms with Crippen LogP contribution in [0.3, 0.4) is 0 Å². The summed E-state index contributed by atoms with van der Waals surface area (Å²) in [6, 6.07) is 6.59. The van der Waals surface area contributed by atoms with Crippen LogP contribution in [0.1, 0.15) is 21.5 Å². The molecule has 2 aromatic rings. The molecule has 0 radical (unpaired) electrons. The van der Waals surface area contributed by atoms with Crippen LogP contribution in [0, 0.1) is 6.92 Å². The van der Waals surface area contributed by atoms with Gasteiger partial charge < -0.3 is 5.73 Å². The third-order valence-corrected chi connectivity index (χ3v) is 2.76. The maximum Gasteiger partial charge on any atom is 0.253 e. The predicted molar refractivity (Wildman–Crippen MR) is 67.3 cm³/mol. The van der Waals surface area contributed by atoms with E-state index in [4.69, 9.17) is 5.73 Å². The molecular formula is C13H13N3O2. The van der Waals surface area contributed by atoms with Gasteiger partial charge in [0.1, 0.15) is 0 Å². The van der Waals surface area contributed by atoms with Crippen LogP contribution in [0.4, 0.5) is 0 Å². The summed E-state index contributed by atoms with van der Waals surface area (Å²) in [6.07, 6.45) is 2.95. The van der Waals surface area contributed by atoms with Crippen LogP contribution in [-0.2, 0) is 6.54 Å². The summed E-state index contributed by atoms with van der Waals surface area (Å²) >= 11 is 0. The van der Waals surface area contributed by atoms with Crippen molar-refractivity contribution in [3.8, 4) is 0 Å². The molecule has 0 atom stereocenters. The molecule has 0 spiro atoms. The zero-order chi connectivity index (χ0) is 13.1. The molecule has 0 aliphatic heterocycles. The SMILES string of the molecule is Cc1cc(C(N)=O)ccc1Cn1cnccc1=O. The highest BCUT2D eigenvalue weighted by Gasteiger charge is 2.05. The molecule has 0 saturated carbocycles. The number of amides is 1. The van der Waals surface area contributed by atoms with Crippen molar-refractivity contribution in [1.29, 1.82) is 0 Å². The molecular weight excluding hydrogens is 230 g/mol. The van der Waals surface area contributed by atoms with E-state index in [1.165, 1.54) is 23.2 Å². The summed E-state index contributed by atoms with van der Waals surface area (Å²) in [5.74, 6) is -0.455. The lowest BCUT2D eigenvalue weighted by molar-refractivity contribution is 0.1000. The first kappa shape index (κ1) is 12.0. The Kier molecular flexibility index (Phi) is 3.23. The number of carbonyl (C=O) groups is 1.